The number of aryl methyl sites for hydroxylation is 1. The van der Waals surface area contributed by atoms with E-state index in [1.165, 1.54) is 4.68 Å². The minimum absolute atomic E-state index is 0.207. The summed E-state index contributed by atoms with van der Waals surface area (Å²) in [4.78, 5) is 11.9. The number of halogens is 1. The molecule has 0 saturated heterocycles. The van der Waals surface area contributed by atoms with Crippen LogP contribution >= 0.6 is 15.9 Å². The summed E-state index contributed by atoms with van der Waals surface area (Å²) in [6, 6.07) is 6.88. The molecule has 2 aromatic rings. The summed E-state index contributed by atoms with van der Waals surface area (Å²) in [5, 5.41) is 6.71. The summed E-state index contributed by atoms with van der Waals surface area (Å²) in [5.41, 5.74) is 7.47. The molecule has 0 atom stereocenters. The van der Waals surface area contributed by atoms with Crippen LogP contribution in [0.5, 0.6) is 0 Å². The van der Waals surface area contributed by atoms with Crippen LogP contribution in [0.1, 0.15) is 10.5 Å². The van der Waals surface area contributed by atoms with Crippen molar-refractivity contribution >= 4 is 33.2 Å². The van der Waals surface area contributed by atoms with E-state index in [9.17, 15) is 4.79 Å². The van der Waals surface area contributed by atoms with E-state index in [-0.39, 0.29) is 5.91 Å². The standard InChI is InChI=1S/C11H11BrN4O/c1-16-10(4-5-14-16)11(17)15-7-2-3-9(13)8(12)6-7/h2-6H,13H2,1H3,(H,15,17). The van der Waals surface area contributed by atoms with Gasteiger partial charge in [0.25, 0.3) is 5.91 Å². The fraction of sp³-hybridized carbons (Fsp3) is 0.0909. The van der Waals surface area contributed by atoms with E-state index in [1.54, 1.807) is 37.5 Å². The fourth-order valence-corrected chi connectivity index (χ4v) is 1.78. The first-order chi connectivity index (χ1) is 8.08. The van der Waals surface area contributed by atoms with Gasteiger partial charge in [-0.25, -0.2) is 0 Å². The van der Waals surface area contributed by atoms with Crippen molar-refractivity contribution in [3.8, 4) is 0 Å². The third-order valence-corrected chi connectivity index (χ3v) is 3.00. The summed E-state index contributed by atoms with van der Waals surface area (Å²) in [7, 11) is 1.72. The molecule has 0 aliphatic carbocycles. The first-order valence-electron chi connectivity index (χ1n) is 4.92. The van der Waals surface area contributed by atoms with Crippen LogP contribution in [0.25, 0.3) is 0 Å². The van der Waals surface area contributed by atoms with Crippen LogP contribution in [0.3, 0.4) is 0 Å². The monoisotopic (exact) mass is 294 g/mol. The van der Waals surface area contributed by atoms with Crippen LogP contribution < -0.4 is 11.1 Å². The van der Waals surface area contributed by atoms with Crippen molar-refractivity contribution in [2.45, 2.75) is 0 Å². The zero-order valence-electron chi connectivity index (χ0n) is 9.14. The molecule has 1 heterocycles. The molecule has 0 unspecified atom stereocenters. The van der Waals surface area contributed by atoms with Crippen LogP contribution in [0.15, 0.2) is 34.9 Å². The number of amides is 1. The molecule has 0 saturated carbocycles. The molecule has 0 aliphatic heterocycles. The summed E-state index contributed by atoms with van der Waals surface area (Å²) >= 11 is 3.31. The number of nitrogens with two attached hydrogens (primary N) is 1. The molecule has 0 spiro atoms. The molecule has 0 bridgehead atoms. The Bertz CT molecular complexity index is 564. The molecule has 0 fully saturated rings. The maximum Gasteiger partial charge on any atom is 0.273 e. The van der Waals surface area contributed by atoms with Gasteiger partial charge in [0.05, 0.1) is 0 Å². The van der Waals surface area contributed by atoms with E-state index in [0.717, 1.165) is 4.47 Å². The Morgan fingerprint density at radius 1 is 1.47 bits per heavy atom. The molecule has 5 nitrogen and oxygen atoms in total. The van der Waals surface area contributed by atoms with Gasteiger partial charge in [-0.05, 0) is 40.2 Å². The predicted octanol–water partition coefficient (Wildman–Crippen LogP) is 2.02. The second-order valence-corrected chi connectivity index (χ2v) is 4.38. The second-order valence-electron chi connectivity index (χ2n) is 3.53. The number of hydrogen-bond acceptors (Lipinski definition) is 3. The maximum absolute atomic E-state index is 11.9. The summed E-state index contributed by atoms with van der Waals surface area (Å²) in [6.07, 6.45) is 1.58. The Morgan fingerprint density at radius 2 is 2.24 bits per heavy atom. The molecule has 3 N–H and O–H groups in total. The number of rotatable bonds is 2. The van der Waals surface area contributed by atoms with Crippen molar-refractivity contribution in [1.29, 1.82) is 0 Å². The number of hydrogen-bond donors (Lipinski definition) is 2. The van der Waals surface area contributed by atoms with Crippen LogP contribution in [0.4, 0.5) is 11.4 Å². The molecular formula is C11H11BrN4O. The predicted molar refractivity (Wildman–Crippen MR) is 69.7 cm³/mol. The van der Waals surface area contributed by atoms with E-state index >= 15 is 0 Å². The molecule has 88 valence electrons. The molecule has 6 heteroatoms. The van der Waals surface area contributed by atoms with Gasteiger partial charge in [-0.15, -0.1) is 0 Å². The lowest BCUT2D eigenvalue weighted by Crippen LogP contribution is -2.16. The molecule has 1 amide bonds. The third-order valence-electron chi connectivity index (χ3n) is 2.31. The van der Waals surface area contributed by atoms with Crippen LogP contribution in [-0.4, -0.2) is 15.7 Å². The van der Waals surface area contributed by atoms with Gasteiger partial charge in [-0.3, -0.25) is 9.48 Å². The normalized spacial score (nSPS) is 10.2. The lowest BCUT2D eigenvalue weighted by Gasteiger charge is -2.06. The second kappa shape index (κ2) is 4.58. The largest absolute Gasteiger partial charge is 0.398 e. The van der Waals surface area contributed by atoms with E-state index < -0.39 is 0 Å². The van der Waals surface area contributed by atoms with Crippen LogP contribution in [0.2, 0.25) is 0 Å². The summed E-state index contributed by atoms with van der Waals surface area (Å²) in [5.74, 6) is -0.207. The number of carbonyl (C=O) groups is 1. The lowest BCUT2D eigenvalue weighted by atomic mass is 10.3. The van der Waals surface area contributed by atoms with Crippen molar-refractivity contribution in [3.05, 3.63) is 40.6 Å². The highest BCUT2D eigenvalue weighted by molar-refractivity contribution is 9.10. The first-order valence-corrected chi connectivity index (χ1v) is 5.71. The number of aromatic nitrogens is 2. The lowest BCUT2D eigenvalue weighted by molar-refractivity contribution is 0.101. The van der Waals surface area contributed by atoms with E-state index in [4.69, 9.17) is 5.73 Å². The molecule has 17 heavy (non-hydrogen) atoms. The number of nitrogens with one attached hydrogen (secondary N) is 1. The Morgan fingerprint density at radius 3 is 2.82 bits per heavy atom. The maximum atomic E-state index is 11.9. The number of carbonyl (C=O) groups excluding carboxylic acids is 1. The van der Waals surface area contributed by atoms with Gasteiger partial charge >= 0.3 is 0 Å². The minimum atomic E-state index is -0.207. The van der Waals surface area contributed by atoms with E-state index in [2.05, 4.69) is 26.3 Å². The first kappa shape index (κ1) is 11.7. The third kappa shape index (κ3) is 2.47. The summed E-state index contributed by atoms with van der Waals surface area (Å²) < 4.78 is 2.27. The highest BCUT2D eigenvalue weighted by atomic mass is 79.9. The zero-order chi connectivity index (χ0) is 12.4. The van der Waals surface area contributed by atoms with E-state index in [1.807, 2.05) is 0 Å². The molecule has 1 aromatic heterocycles. The van der Waals surface area contributed by atoms with Gasteiger partial charge in [-0.1, -0.05) is 0 Å². The SMILES string of the molecule is Cn1nccc1C(=O)Nc1ccc(N)c(Br)c1. The highest BCUT2D eigenvalue weighted by Gasteiger charge is 2.10. The van der Waals surface area contributed by atoms with Gasteiger partial charge < -0.3 is 11.1 Å². The van der Waals surface area contributed by atoms with Crippen molar-refractivity contribution < 1.29 is 4.79 Å². The van der Waals surface area contributed by atoms with Gasteiger partial charge in [0.15, 0.2) is 0 Å². The van der Waals surface area contributed by atoms with Crippen LogP contribution in [-0.2, 0) is 7.05 Å². The number of benzene rings is 1. The molecule has 0 aliphatic rings. The Hall–Kier alpha value is -1.82. The Kier molecular flexibility index (Phi) is 3.14. The quantitative estimate of drug-likeness (QED) is 0.832. The van der Waals surface area contributed by atoms with Crippen molar-refractivity contribution in [1.82, 2.24) is 9.78 Å². The van der Waals surface area contributed by atoms with Crippen molar-refractivity contribution in [2.75, 3.05) is 11.1 Å². The zero-order valence-corrected chi connectivity index (χ0v) is 10.7. The highest BCUT2D eigenvalue weighted by Crippen LogP contribution is 2.23. The van der Waals surface area contributed by atoms with Crippen molar-refractivity contribution in [2.24, 2.45) is 7.05 Å². The van der Waals surface area contributed by atoms with E-state index in [0.29, 0.717) is 17.1 Å². The van der Waals surface area contributed by atoms with Gasteiger partial charge in [0.1, 0.15) is 5.69 Å². The smallest absolute Gasteiger partial charge is 0.273 e. The van der Waals surface area contributed by atoms with Gasteiger partial charge in [-0.2, -0.15) is 5.10 Å². The number of anilines is 2. The Labute approximate surface area is 107 Å². The molecular weight excluding hydrogens is 284 g/mol. The Balaban J connectivity index is 2.19. The topological polar surface area (TPSA) is 72.9 Å². The number of nitrogens with zero attached hydrogens (tertiary/aromatic N) is 2. The summed E-state index contributed by atoms with van der Waals surface area (Å²) in [6.45, 7) is 0. The molecule has 0 radical (unpaired) electrons. The van der Waals surface area contributed by atoms with Crippen molar-refractivity contribution in [3.63, 3.8) is 0 Å². The van der Waals surface area contributed by atoms with Gasteiger partial charge in [0, 0.05) is 29.1 Å². The molecule has 1 aromatic carbocycles. The molecule has 2 rings (SSSR count). The van der Waals surface area contributed by atoms with Crippen LogP contribution in [0, 0.1) is 0 Å². The fourth-order valence-electron chi connectivity index (χ4n) is 1.40. The average molecular weight is 295 g/mol. The van der Waals surface area contributed by atoms with Gasteiger partial charge in [0.2, 0.25) is 0 Å². The number of nitrogen functional groups attached to an aromatic ring is 1. The minimum Gasteiger partial charge on any atom is -0.398 e. The average Bonchev–Trinajstić information content (AvgIpc) is 2.70.